The molecule has 1 aliphatic rings. The lowest BCUT2D eigenvalue weighted by atomic mass is 9.64. The minimum absolute atomic E-state index is 0.0647. The number of nitrogens with one attached hydrogen (secondary N) is 1. The number of halogens is 1. The van der Waals surface area contributed by atoms with Crippen LogP contribution in [0.5, 0.6) is 0 Å². The van der Waals surface area contributed by atoms with Crippen LogP contribution in [0.25, 0.3) is 0 Å². The van der Waals surface area contributed by atoms with Crippen molar-refractivity contribution >= 4 is 17.6 Å². The standard InChI is InChI=1S/C16H24ClN3/c1-15(2,3)20-14(18)19-11-16(9-6-10-16)12-7-4-5-8-13(12)17/h4-5,7-8H,6,9-11H2,1-3H3,(H3,18,19,20). The van der Waals surface area contributed by atoms with E-state index in [1.54, 1.807) is 0 Å². The fourth-order valence-corrected chi connectivity index (χ4v) is 3.00. The van der Waals surface area contributed by atoms with Crippen LogP contribution in [0, 0.1) is 0 Å². The highest BCUT2D eigenvalue weighted by Gasteiger charge is 2.39. The molecule has 110 valence electrons. The molecule has 0 heterocycles. The summed E-state index contributed by atoms with van der Waals surface area (Å²) in [6.07, 6.45) is 3.49. The average molecular weight is 294 g/mol. The first-order chi connectivity index (χ1) is 9.32. The monoisotopic (exact) mass is 293 g/mol. The lowest BCUT2D eigenvalue weighted by Crippen LogP contribution is -2.46. The van der Waals surface area contributed by atoms with E-state index >= 15 is 0 Å². The van der Waals surface area contributed by atoms with Crippen molar-refractivity contribution in [2.24, 2.45) is 10.7 Å². The van der Waals surface area contributed by atoms with Gasteiger partial charge in [-0.1, -0.05) is 36.2 Å². The van der Waals surface area contributed by atoms with Crippen LogP contribution in [0.2, 0.25) is 5.02 Å². The summed E-state index contributed by atoms with van der Waals surface area (Å²) in [5.41, 5.74) is 7.18. The number of hydrogen-bond acceptors (Lipinski definition) is 1. The van der Waals surface area contributed by atoms with Gasteiger partial charge in [0.2, 0.25) is 0 Å². The van der Waals surface area contributed by atoms with Crippen molar-refractivity contribution in [2.45, 2.75) is 51.0 Å². The van der Waals surface area contributed by atoms with E-state index in [0.29, 0.717) is 12.5 Å². The Kier molecular flexibility index (Phi) is 4.28. The van der Waals surface area contributed by atoms with Crippen molar-refractivity contribution in [2.75, 3.05) is 6.54 Å². The van der Waals surface area contributed by atoms with Gasteiger partial charge >= 0.3 is 0 Å². The SMILES string of the molecule is CC(C)(C)NC(N)=NCC1(c2ccccc2Cl)CCC1. The van der Waals surface area contributed by atoms with Crippen molar-refractivity contribution in [3.05, 3.63) is 34.9 Å². The van der Waals surface area contributed by atoms with Crippen LogP contribution < -0.4 is 11.1 Å². The summed E-state index contributed by atoms with van der Waals surface area (Å²) >= 11 is 6.35. The molecule has 1 aliphatic carbocycles. The van der Waals surface area contributed by atoms with Gasteiger partial charge in [-0.25, -0.2) is 0 Å². The molecule has 0 spiro atoms. The molecule has 0 unspecified atom stereocenters. The Morgan fingerprint density at radius 2 is 2.00 bits per heavy atom. The highest BCUT2D eigenvalue weighted by molar-refractivity contribution is 6.31. The second-order valence-corrected chi connectivity index (χ2v) is 7.10. The molecule has 0 aromatic heterocycles. The van der Waals surface area contributed by atoms with Gasteiger partial charge in [0.1, 0.15) is 0 Å². The van der Waals surface area contributed by atoms with Crippen LogP contribution in [0.1, 0.15) is 45.6 Å². The van der Waals surface area contributed by atoms with Gasteiger partial charge in [-0.2, -0.15) is 0 Å². The molecule has 4 heteroatoms. The molecule has 1 fully saturated rings. The summed E-state index contributed by atoms with van der Waals surface area (Å²) in [5.74, 6) is 0.510. The Hall–Kier alpha value is -1.22. The molecule has 0 bridgehead atoms. The molecule has 0 saturated heterocycles. The molecule has 0 aliphatic heterocycles. The van der Waals surface area contributed by atoms with Crippen molar-refractivity contribution < 1.29 is 0 Å². The Balaban J connectivity index is 2.14. The first-order valence-corrected chi connectivity index (χ1v) is 7.53. The van der Waals surface area contributed by atoms with Crippen LogP contribution in [0.3, 0.4) is 0 Å². The number of aliphatic imine (C=N–C) groups is 1. The maximum absolute atomic E-state index is 6.35. The third-order valence-corrected chi connectivity index (χ3v) is 4.14. The number of guanidine groups is 1. The van der Waals surface area contributed by atoms with Gasteiger partial charge in [0, 0.05) is 16.0 Å². The predicted molar refractivity (Wildman–Crippen MR) is 86.4 cm³/mol. The van der Waals surface area contributed by atoms with Crippen molar-refractivity contribution in [3.8, 4) is 0 Å². The van der Waals surface area contributed by atoms with E-state index < -0.39 is 0 Å². The first kappa shape index (κ1) is 15.2. The van der Waals surface area contributed by atoms with Crippen LogP contribution in [-0.4, -0.2) is 18.0 Å². The topological polar surface area (TPSA) is 50.4 Å². The van der Waals surface area contributed by atoms with E-state index in [1.165, 1.54) is 12.0 Å². The van der Waals surface area contributed by atoms with E-state index in [4.69, 9.17) is 17.3 Å². The number of nitrogens with zero attached hydrogens (tertiary/aromatic N) is 1. The van der Waals surface area contributed by atoms with Gasteiger partial charge in [-0.05, 0) is 45.2 Å². The quantitative estimate of drug-likeness (QED) is 0.662. The lowest BCUT2D eigenvalue weighted by Gasteiger charge is -2.42. The Morgan fingerprint density at radius 3 is 2.50 bits per heavy atom. The Labute approximate surface area is 126 Å². The minimum atomic E-state index is -0.0647. The van der Waals surface area contributed by atoms with Gasteiger partial charge in [0.05, 0.1) is 6.54 Å². The van der Waals surface area contributed by atoms with E-state index in [1.807, 2.05) is 18.2 Å². The van der Waals surface area contributed by atoms with Gasteiger partial charge in [-0.3, -0.25) is 4.99 Å². The summed E-state index contributed by atoms with van der Waals surface area (Å²) in [6.45, 7) is 6.92. The van der Waals surface area contributed by atoms with Gasteiger partial charge in [0.25, 0.3) is 0 Å². The summed E-state index contributed by atoms with van der Waals surface area (Å²) in [4.78, 5) is 4.55. The van der Waals surface area contributed by atoms with Gasteiger partial charge in [-0.15, -0.1) is 0 Å². The Morgan fingerprint density at radius 1 is 1.35 bits per heavy atom. The smallest absolute Gasteiger partial charge is 0.189 e. The molecular formula is C16H24ClN3. The molecule has 1 saturated carbocycles. The maximum atomic E-state index is 6.35. The zero-order valence-electron chi connectivity index (χ0n) is 12.5. The molecule has 0 amide bonds. The molecule has 1 aromatic rings. The fraction of sp³-hybridized carbons (Fsp3) is 0.562. The number of rotatable bonds is 3. The molecule has 20 heavy (non-hydrogen) atoms. The van der Waals surface area contributed by atoms with Gasteiger partial charge in [0.15, 0.2) is 5.96 Å². The van der Waals surface area contributed by atoms with E-state index in [0.717, 1.165) is 17.9 Å². The largest absolute Gasteiger partial charge is 0.370 e. The van der Waals surface area contributed by atoms with Crippen molar-refractivity contribution in [1.29, 1.82) is 0 Å². The molecule has 0 radical (unpaired) electrons. The molecular weight excluding hydrogens is 270 g/mol. The molecule has 3 N–H and O–H groups in total. The number of nitrogens with two attached hydrogens (primary N) is 1. The summed E-state index contributed by atoms with van der Waals surface area (Å²) in [7, 11) is 0. The summed E-state index contributed by atoms with van der Waals surface area (Å²) in [5, 5.41) is 4.04. The highest BCUT2D eigenvalue weighted by atomic mass is 35.5. The Bertz CT molecular complexity index is 499. The molecule has 2 rings (SSSR count). The summed E-state index contributed by atoms with van der Waals surface area (Å²) in [6, 6.07) is 8.08. The third-order valence-electron chi connectivity index (χ3n) is 3.81. The fourth-order valence-electron chi connectivity index (χ4n) is 2.67. The van der Waals surface area contributed by atoms with Crippen molar-refractivity contribution in [1.82, 2.24) is 5.32 Å². The highest BCUT2D eigenvalue weighted by Crippen LogP contribution is 2.46. The van der Waals surface area contributed by atoms with E-state index in [9.17, 15) is 0 Å². The number of hydrogen-bond donors (Lipinski definition) is 2. The third kappa shape index (κ3) is 3.45. The van der Waals surface area contributed by atoms with E-state index in [-0.39, 0.29) is 11.0 Å². The van der Waals surface area contributed by atoms with Crippen LogP contribution >= 0.6 is 11.6 Å². The average Bonchev–Trinajstić information content (AvgIpc) is 2.27. The molecule has 0 atom stereocenters. The van der Waals surface area contributed by atoms with Gasteiger partial charge < -0.3 is 11.1 Å². The lowest BCUT2D eigenvalue weighted by molar-refractivity contribution is 0.253. The zero-order chi connectivity index (χ0) is 14.8. The predicted octanol–water partition coefficient (Wildman–Crippen LogP) is 3.46. The molecule has 3 nitrogen and oxygen atoms in total. The van der Waals surface area contributed by atoms with Crippen LogP contribution in [0.15, 0.2) is 29.3 Å². The number of benzene rings is 1. The molecule has 1 aromatic carbocycles. The van der Waals surface area contributed by atoms with Crippen molar-refractivity contribution in [3.63, 3.8) is 0 Å². The second-order valence-electron chi connectivity index (χ2n) is 6.69. The summed E-state index contributed by atoms with van der Waals surface area (Å²) < 4.78 is 0. The minimum Gasteiger partial charge on any atom is -0.370 e. The van der Waals surface area contributed by atoms with Crippen LogP contribution in [0.4, 0.5) is 0 Å². The first-order valence-electron chi connectivity index (χ1n) is 7.16. The second kappa shape index (κ2) is 5.65. The normalized spacial score (nSPS) is 18.5. The maximum Gasteiger partial charge on any atom is 0.189 e. The van der Waals surface area contributed by atoms with Crippen LogP contribution in [-0.2, 0) is 5.41 Å². The zero-order valence-corrected chi connectivity index (χ0v) is 13.3. The van der Waals surface area contributed by atoms with E-state index in [2.05, 4.69) is 37.1 Å².